The van der Waals surface area contributed by atoms with E-state index in [2.05, 4.69) is 17.2 Å². The quantitative estimate of drug-likeness (QED) is 0.173. The van der Waals surface area contributed by atoms with Crippen molar-refractivity contribution < 1.29 is 9.66 Å². The largest absolute Gasteiger partial charge is 0.494 e. The number of benzene rings is 2. The highest BCUT2D eigenvalue weighted by Gasteiger charge is 2.03. The number of nitro groups is 1. The maximum absolute atomic E-state index is 10.6. The Morgan fingerprint density at radius 2 is 1.33 bits per heavy atom. The third-order valence-corrected chi connectivity index (χ3v) is 4.19. The van der Waals surface area contributed by atoms with E-state index in [0.29, 0.717) is 11.4 Å². The zero-order valence-electron chi connectivity index (χ0n) is 15.8. The van der Waals surface area contributed by atoms with Crippen LogP contribution in [0.15, 0.2) is 58.8 Å². The van der Waals surface area contributed by atoms with Gasteiger partial charge in [-0.1, -0.05) is 45.4 Å². The van der Waals surface area contributed by atoms with Crippen molar-refractivity contribution in [3.63, 3.8) is 0 Å². The summed E-state index contributed by atoms with van der Waals surface area (Å²) in [7, 11) is 0. The van der Waals surface area contributed by atoms with Crippen molar-refractivity contribution in [3.05, 3.63) is 58.6 Å². The van der Waals surface area contributed by atoms with Crippen LogP contribution in [-0.4, -0.2) is 11.5 Å². The van der Waals surface area contributed by atoms with Gasteiger partial charge in [0, 0.05) is 12.1 Å². The predicted molar refractivity (Wildman–Crippen MR) is 107 cm³/mol. The maximum Gasteiger partial charge on any atom is 0.269 e. The van der Waals surface area contributed by atoms with Gasteiger partial charge in [0.05, 0.1) is 22.9 Å². The molecule has 0 spiro atoms. The molecule has 6 nitrogen and oxygen atoms in total. The van der Waals surface area contributed by atoms with Crippen LogP contribution >= 0.6 is 0 Å². The Morgan fingerprint density at radius 1 is 0.815 bits per heavy atom. The lowest BCUT2D eigenvalue weighted by atomic mass is 10.1. The molecular weight excluding hydrogens is 342 g/mol. The van der Waals surface area contributed by atoms with Gasteiger partial charge in [0.25, 0.3) is 5.69 Å². The number of non-ortho nitro benzene ring substituents is 1. The number of ether oxygens (including phenoxy) is 1. The zero-order valence-corrected chi connectivity index (χ0v) is 15.8. The Morgan fingerprint density at radius 3 is 1.89 bits per heavy atom. The van der Waals surface area contributed by atoms with Crippen molar-refractivity contribution in [1.82, 2.24) is 0 Å². The van der Waals surface area contributed by atoms with Crippen LogP contribution in [-0.2, 0) is 0 Å². The van der Waals surface area contributed by atoms with E-state index in [1.54, 1.807) is 12.1 Å². The SMILES string of the molecule is CCCCCCCCCOc1ccc(N=Nc2ccc([N+](=O)[O-])cc2)cc1. The fraction of sp³-hybridized carbons (Fsp3) is 0.429. The molecule has 0 bridgehead atoms. The first kappa shape index (κ1) is 20.6. The van der Waals surface area contributed by atoms with E-state index in [-0.39, 0.29) is 5.69 Å². The van der Waals surface area contributed by atoms with Crippen LogP contribution in [0.25, 0.3) is 0 Å². The van der Waals surface area contributed by atoms with E-state index in [1.165, 1.54) is 50.7 Å². The summed E-state index contributed by atoms with van der Waals surface area (Å²) in [5.74, 6) is 0.829. The van der Waals surface area contributed by atoms with Crippen LogP contribution in [0.4, 0.5) is 17.1 Å². The van der Waals surface area contributed by atoms with Crippen molar-refractivity contribution in [1.29, 1.82) is 0 Å². The molecule has 2 aromatic rings. The molecule has 0 radical (unpaired) electrons. The number of hydrogen-bond acceptors (Lipinski definition) is 5. The van der Waals surface area contributed by atoms with Gasteiger partial charge >= 0.3 is 0 Å². The molecular formula is C21H27N3O3. The second-order valence-electron chi connectivity index (χ2n) is 6.44. The topological polar surface area (TPSA) is 77.1 Å². The fourth-order valence-corrected chi connectivity index (χ4v) is 2.61. The summed E-state index contributed by atoms with van der Waals surface area (Å²) < 4.78 is 5.75. The molecule has 0 aliphatic carbocycles. The van der Waals surface area contributed by atoms with Crippen LogP contribution in [0, 0.1) is 10.1 Å². The third-order valence-electron chi connectivity index (χ3n) is 4.19. The summed E-state index contributed by atoms with van der Waals surface area (Å²) in [5.41, 5.74) is 1.31. The van der Waals surface area contributed by atoms with Gasteiger partial charge in [-0.05, 0) is 42.8 Å². The number of unbranched alkanes of at least 4 members (excludes halogenated alkanes) is 6. The molecule has 2 aromatic carbocycles. The van der Waals surface area contributed by atoms with Crippen LogP contribution in [0.1, 0.15) is 51.9 Å². The Kier molecular flexibility index (Phi) is 8.96. The molecule has 0 amide bonds. The van der Waals surface area contributed by atoms with E-state index in [4.69, 9.17) is 4.74 Å². The van der Waals surface area contributed by atoms with E-state index in [0.717, 1.165) is 18.8 Å². The van der Waals surface area contributed by atoms with E-state index in [1.807, 2.05) is 24.3 Å². The molecule has 0 saturated heterocycles. The minimum Gasteiger partial charge on any atom is -0.494 e. The molecule has 27 heavy (non-hydrogen) atoms. The number of azo groups is 1. The van der Waals surface area contributed by atoms with E-state index < -0.39 is 4.92 Å². The highest BCUT2D eigenvalue weighted by molar-refractivity contribution is 5.45. The van der Waals surface area contributed by atoms with E-state index in [9.17, 15) is 10.1 Å². The van der Waals surface area contributed by atoms with Crippen LogP contribution < -0.4 is 4.74 Å². The Hall–Kier alpha value is -2.76. The molecule has 144 valence electrons. The van der Waals surface area contributed by atoms with Gasteiger partial charge in [-0.25, -0.2) is 0 Å². The fourth-order valence-electron chi connectivity index (χ4n) is 2.61. The summed E-state index contributed by atoms with van der Waals surface area (Å²) in [6.45, 7) is 2.97. The zero-order chi connectivity index (χ0) is 19.3. The summed E-state index contributed by atoms with van der Waals surface area (Å²) >= 11 is 0. The van der Waals surface area contributed by atoms with Crippen molar-refractivity contribution >= 4 is 17.1 Å². The minimum absolute atomic E-state index is 0.0383. The molecule has 0 aliphatic rings. The Balaban J connectivity index is 1.70. The molecule has 0 aromatic heterocycles. The number of nitro benzene ring substituents is 1. The average Bonchev–Trinajstić information content (AvgIpc) is 2.69. The van der Waals surface area contributed by atoms with Crippen molar-refractivity contribution in [2.45, 2.75) is 51.9 Å². The standard InChI is InChI=1S/C21H27N3O3/c1-2-3-4-5-6-7-8-17-27-21-15-11-19(12-16-21)23-22-18-9-13-20(14-10-18)24(25)26/h9-16H,2-8,17H2,1H3. The molecule has 2 rings (SSSR count). The van der Waals surface area contributed by atoms with E-state index >= 15 is 0 Å². The van der Waals surface area contributed by atoms with Gasteiger partial charge < -0.3 is 4.74 Å². The van der Waals surface area contributed by atoms with Crippen LogP contribution in [0.2, 0.25) is 0 Å². The highest BCUT2D eigenvalue weighted by Crippen LogP contribution is 2.23. The van der Waals surface area contributed by atoms with Crippen LogP contribution in [0.3, 0.4) is 0 Å². The minimum atomic E-state index is -0.438. The van der Waals surface area contributed by atoms with Gasteiger partial charge in [0.2, 0.25) is 0 Å². The number of hydrogen-bond donors (Lipinski definition) is 0. The Bertz CT molecular complexity index is 712. The summed E-state index contributed by atoms with van der Waals surface area (Å²) in [4.78, 5) is 10.2. The number of nitrogens with zero attached hydrogens (tertiary/aromatic N) is 3. The maximum atomic E-state index is 10.6. The lowest BCUT2D eigenvalue weighted by Gasteiger charge is -2.06. The molecule has 0 atom stereocenters. The highest BCUT2D eigenvalue weighted by atomic mass is 16.6. The first-order valence-electron chi connectivity index (χ1n) is 9.58. The molecule has 0 fully saturated rings. The molecule has 0 aliphatic heterocycles. The second kappa shape index (κ2) is 11.8. The molecule has 6 heteroatoms. The van der Waals surface area contributed by atoms with Crippen molar-refractivity contribution in [2.75, 3.05) is 6.61 Å². The Labute approximate surface area is 160 Å². The normalized spacial score (nSPS) is 11.0. The average molecular weight is 369 g/mol. The van der Waals surface area contributed by atoms with Crippen molar-refractivity contribution in [3.8, 4) is 5.75 Å². The van der Waals surface area contributed by atoms with Gasteiger partial charge in [0.1, 0.15) is 5.75 Å². The lowest BCUT2D eigenvalue weighted by Crippen LogP contribution is -1.96. The monoisotopic (exact) mass is 369 g/mol. The van der Waals surface area contributed by atoms with Gasteiger partial charge in [-0.2, -0.15) is 10.2 Å². The molecule has 0 N–H and O–H groups in total. The smallest absolute Gasteiger partial charge is 0.269 e. The first-order chi connectivity index (χ1) is 13.2. The van der Waals surface area contributed by atoms with Gasteiger partial charge in [-0.15, -0.1) is 0 Å². The summed E-state index contributed by atoms with van der Waals surface area (Å²) in [5, 5.41) is 18.9. The van der Waals surface area contributed by atoms with Gasteiger partial charge in [-0.3, -0.25) is 10.1 Å². The van der Waals surface area contributed by atoms with Gasteiger partial charge in [0.15, 0.2) is 0 Å². The third kappa shape index (κ3) is 7.98. The second-order valence-corrected chi connectivity index (χ2v) is 6.44. The summed E-state index contributed by atoms with van der Waals surface area (Å²) in [6, 6.07) is 13.4. The molecule has 0 heterocycles. The first-order valence-corrected chi connectivity index (χ1v) is 9.58. The summed E-state index contributed by atoms with van der Waals surface area (Å²) in [6.07, 6.45) is 8.86. The van der Waals surface area contributed by atoms with Crippen LogP contribution in [0.5, 0.6) is 5.75 Å². The van der Waals surface area contributed by atoms with Crippen molar-refractivity contribution in [2.24, 2.45) is 10.2 Å². The predicted octanol–water partition coefficient (Wildman–Crippen LogP) is 7.14. The molecule has 0 unspecified atom stereocenters. The lowest BCUT2D eigenvalue weighted by molar-refractivity contribution is -0.384. The molecule has 0 saturated carbocycles. The number of rotatable bonds is 12.